The van der Waals surface area contributed by atoms with Crippen LogP contribution in [-0.2, 0) is 0 Å². The van der Waals surface area contributed by atoms with Gasteiger partial charge in [0.05, 0.1) is 5.69 Å². The van der Waals surface area contributed by atoms with E-state index < -0.39 is 0 Å². The second-order valence-electron chi connectivity index (χ2n) is 4.11. The number of benzene rings is 1. The van der Waals surface area contributed by atoms with E-state index in [1.165, 1.54) is 0 Å². The molecule has 3 nitrogen and oxygen atoms in total. The van der Waals surface area contributed by atoms with Crippen molar-refractivity contribution in [2.75, 3.05) is 18.0 Å². The third kappa shape index (κ3) is 3.93. The first kappa shape index (κ1) is 15.9. The molecule has 2 rings (SSSR count). The highest BCUT2D eigenvalue weighted by Gasteiger charge is 2.07. The summed E-state index contributed by atoms with van der Waals surface area (Å²) in [4.78, 5) is 10.7. The number of nitrogens with zero attached hydrogens (tertiary/aromatic N) is 3. The lowest BCUT2D eigenvalue weighted by atomic mass is 10.1. The van der Waals surface area contributed by atoms with Gasteiger partial charge in [0.15, 0.2) is 0 Å². The van der Waals surface area contributed by atoms with E-state index in [2.05, 4.69) is 28.0 Å². The van der Waals surface area contributed by atoms with Gasteiger partial charge in [0, 0.05) is 24.7 Å². The first-order chi connectivity index (χ1) is 9.35. The van der Waals surface area contributed by atoms with Crippen molar-refractivity contribution in [2.45, 2.75) is 0 Å². The molecule has 0 radical (unpaired) electrons. The molecule has 0 saturated heterocycles. The third-order valence-electron chi connectivity index (χ3n) is 2.75. The van der Waals surface area contributed by atoms with E-state index in [-0.39, 0.29) is 12.4 Å². The molecule has 0 aliphatic carbocycles. The van der Waals surface area contributed by atoms with Crippen LogP contribution < -0.4 is 4.90 Å². The fourth-order valence-electron chi connectivity index (χ4n) is 1.86. The van der Waals surface area contributed by atoms with Gasteiger partial charge >= 0.3 is 0 Å². The predicted octanol–water partition coefficient (Wildman–Crippen LogP) is 3.74. The van der Waals surface area contributed by atoms with Crippen molar-refractivity contribution in [1.29, 1.82) is 0 Å². The largest absolute Gasteiger partial charge is 0.349 e. The van der Waals surface area contributed by atoms with Crippen LogP contribution in [0, 0.1) is 0 Å². The van der Waals surface area contributed by atoms with Crippen LogP contribution in [0.5, 0.6) is 0 Å². The lowest BCUT2D eigenvalue weighted by Gasteiger charge is -2.20. The molecular weight excluding hydrogens is 270 g/mol. The van der Waals surface area contributed by atoms with E-state index in [1.807, 2.05) is 48.6 Å². The Balaban J connectivity index is 0.00000200. The van der Waals surface area contributed by atoms with E-state index in [0.29, 0.717) is 0 Å². The Morgan fingerprint density at radius 2 is 1.65 bits per heavy atom. The van der Waals surface area contributed by atoms with Crippen LogP contribution in [0.25, 0.3) is 11.3 Å². The fourth-order valence-corrected chi connectivity index (χ4v) is 1.86. The highest BCUT2D eigenvalue weighted by molar-refractivity contribution is 5.85. The quantitative estimate of drug-likeness (QED) is 0.758. The van der Waals surface area contributed by atoms with E-state index in [1.54, 1.807) is 6.33 Å². The minimum atomic E-state index is 0. The highest BCUT2D eigenvalue weighted by Crippen LogP contribution is 2.20. The lowest BCUT2D eigenvalue weighted by molar-refractivity contribution is 0.918. The van der Waals surface area contributed by atoms with Crippen LogP contribution in [0.2, 0.25) is 0 Å². The van der Waals surface area contributed by atoms with Crippen LogP contribution in [0.15, 0.2) is 68.0 Å². The van der Waals surface area contributed by atoms with Gasteiger partial charge in [-0.1, -0.05) is 42.5 Å². The van der Waals surface area contributed by atoms with Crippen molar-refractivity contribution in [1.82, 2.24) is 9.97 Å². The van der Waals surface area contributed by atoms with Crippen LogP contribution in [-0.4, -0.2) is 23.1 Å². The number of halogens is 1. The smallest absolute Gasteiger partial charge is 0.133 e. The van der Waals surface area contributed by atoms with E-state index >= 15 is 0 Å². The zero-order valence-corrected chi connectivity index (χ0v) is 12.1. The molecule has 0 amide bonds. The lowest BCUT2D eigenvalue weighted by Crippen LogP contribution is -2.24. The SMILES string of the molecule is C=CCN(CC=C)c1cc(-c2ccccc2)ncn1.Cl. The maximum Gasteiger partial charge on any atom is 0.133 e. The third-order valence-corrected chi connectivity index (χ3v) is 2.75. The molecule has 0 N–H and O–H groups in total. The van der Waals surface area contributed by atoms with E-state index in [9.17, 15) is 0 Å². The Bertz CT molecular complexity index is 545. The second-order valence-corrected chi connectivity index (χ2v) is 4.11. The van der Waals surface area contributed by atoms with Crippen LogP contribution in [0.1, 0.15) is 0 Å². The van der Waals surface area contributed by atoms with Gasteiger partial charge in [-0.05, 0) is 0 Å². The molecular formula is C16H18ClN3. The summed E-state index contributed by atoms with van der Waals surface area (Å²) in [6.07, 6.45) is 5.30. The molecule has 0 unspecified atom stereocenters. The molecule has 0 aliphatic rings. The Labute approximate surface area is 126 Å². The topological polar surface area (TPSA) is 29.0 Å². The molecule has 0 spiro atoms. The highest BCUT2D eigenvalue weighted by atomic mass is 35.5. The number of anilines is 1. The average Bonchev–Trinajstić information content (AvgIpc) is 2.48. The van der Waals surface area contributed by atoms with Crippen molar-refractivity contribution < 1.29 is 0 Å². The van der Waals surface area contributed by atoms with Crippen LogP contribution >= 0.6 is 12.4 Å². The number of hydrogen-bond donors (Lipinski definition) is 0. The average molecular weight is 288 g/mol. The molecule has 1 aromatic heterocycles. The Morgan fingerprint density at radius 1 is 1.00 bits per heavy atom. The van der Waals surface area contributed by atoms with Crippen LogP contribution in [0.4, 0.5) is 5.82 Å². The molecule has 0 bridgehead atoms. The molecule has 0 atom stereocenters. The normalized spacial score (nSPS) is 9.40. The predicted molar refractivity (Wildman–Crippen MR) is 87.3 cm³/mol. The van der Waals surface area contributed by atoms with Crippen molar-refractivity contribution in [2.24, 2.45) is 0 Å². The zero-order valence-electron chi connectivity index (χ0n) is 11.3. The van der Waals surface area contributed by atoms with Crippen molar-refractivity contribution in [3.8, 4) is 11.3 Å². The second kappa shape index (κ2) is 8.12. The summed E-state index contributed by atoms with van der Waals surface area (Å²) in [5.74, 6) is 0.883. The van der Waals surface area contributed by atoms with Crippen LogP contribution in [0.3, 0.4) is 0 Å². The molecule has 1 heterocycles. The summed E-state index contributed by atoms with van der Waals surface area (Å²) in [6.45, 7) is 9.01. The summed E-state index contributed by atoms with van der Waals surface area (Å²) < 4.78 is 0. The standard InChI is InChI=1S/C16H17N3.ClH/c1-3-10-19(11-4-2)16-12-15(17-13-18-16)14-8-6-5-7-9-14;/h3-9,12-13H,1-2,10-11H2;1H. The molecule has 0 saturated carbocycles. The van der Waals surface area contributed by atoms with Gasteiger partial charge in [-0.25, -0.2) is 9.97 Å². The summed E-state index contributed by atoms with van der Waals surface area (Å²) in [5.41, 5.74) is 2.01. The van der Waals surface area contributed by atoms with E-state index in [4.69, 9.17) is 0 Å². The van der Waals surface area contributed by atoms with Gasteiger partial charge in [0.25, 0.3) is 0 Å². The monoisotopic (exact) mass is 287 g/mol. The molecule has 1 aromatic carbocycles. The summed E-state index contributed by atoms with van der Waals surface area (Å²) in [5, 5.41) is 0. The summed E-state index contributed by atoms with van der Waals surface area (Å²) in [7, 11) is 0. The Morgan fingerprint density at radius 3 is 2.25 bits per heavy atom. The van der Waals surface area contributed by atoms with Crippen molar-refractivity contribution in [3.05, 3.63) is 68.0 Å². The van der Waals surface area contributed by atoms with E-state index in [0.717, 1.165) is 30.2 Å². The maximum absolute atomic E-state index is 4.32. The van der Waals surface area contributed by atoms with Crippen molar-refractivity contribution >= 4 is 18.2 Å². The minimum Gasteiger partial charge on any atom is -0.349 e. The van der Waals surface area contributed by atoms with Crippen molar-refractivity contribution in [3.63, 3.8) is 0 Å². The number of hydrogen-bond acceptors (Lipinski definition) is 3. The zero-order chi connectivity index (χ0) is 13.5. The first-order valence-electron chi connectivity index (χ1n) is 6.19. The van der Waals surface area contributed by atoms with Gasteiger partial charge in [0.1, 0.15) is 12.1 Å². The summed E-state index contributed by atoms with van der Waals surface area (Å²) in [6, 6.07) is 12.1. The molecule has 2 aromatic rings. The fraction of sp³-hybridized carbons (Fsp3) is 0.125. The molecule has 0 fully saturated rings. The Kier molecular flexibility index (Phi) is 6.47. The Hall–Kier alpha value is -2.13. The van der Waals surface area contributed by atoms with Gasteiger partial charge in [-0.2, -0.15) is 0 Å². The minimum absolute atomic E-state index is 0. The molecule has 0 aliphatic heterocycles. The molecule has 4 heteroatoms. The van der Waals surface area contributed by atoms with Gasteiger partial charge in [0.2, 0.25) is 0 Å². The van der Waals surface area contributed by atoms with Gasteiger partial charge in [-0.15, -0.1) is 25.6 Å². The first-order valence-corrected chi connectivity index (χ1v) is 6.19. The molecule has 20 heavy (non-hydrogen) atoms. The number of aromatic nitrogens is 2. The maximum atomic E-state index is 4.32. The summed E-state index contributed by atoms with van der Waals surface area (Å²) >= 11 is 0. The molecule has 104 valence electrons. The number of rotatable bonds is 6. The van der Waals surface area contributed by atoms with Gasteiger partial charge < -0.3 is 4.90 Å². The van der Waals surface area contributed by atoms with Gasteiger partial charge in [-0.3, -0.25) is 0 Å².